The van der Waals surface area contributed by atoms with Crippen molar-refractivity contribution < 1.29 is 12.8 Å². The molecule has 0 amide bonds. The van der Waals surface area contributed by atoms with Crippen LogP contribution in [0.25, 0.3) is 10.8 Å². The van der Waals surface area contributed by atoms with E-state index in [0.29, 0.717) is 29.1 Å². The molecule has 1 N–H and O–H groups in total. The molecule has 3 heterocycles. The summed E-state index contributed by atoms with van der Waals surface area (Å²) in [6.07, 6.45) is 3.36. The highest BCUT2D eigenvalue weighted by molar-refractivity contribution is 7.91. The number of hydrogen-bond donors (Lipinski definition) is 1. The van der Waals surface area contributed by atoms with E-state index in [4.69, 9.17) is 4.42 Å². The van der Waals surface area contributed by atoms with Crippen LogP contribution in [-0.4, -0.2) is 18.6 Å². The summed E-state index contributed by atoms with van der Waals surface area (Å²) in [7, 11) is -3.54. The zero-order valence-electron chi connectivity index (χ0n) is 12.6. The molecule has 0 saturated heterocycles. The van der Waals surface area contributed by atoms with Crippen LogP contribution in [0.1, 0.15) is 35.9 Å². The number of hydrogen-bond acceptors (Lipinski definition) is 7. The Bertz CT molecular complexity index is 924. The highest BCUT2D eigenvalue weighted by Crippen LogP contribution is 2.37. The lowest BCUT2D eigenvalue weighted by Gasteiger charge is -2.20. The van der Waals surface area contributed by atoms with Crippen molar-refractivity contribution in [2.75, 3.05) is 0 Å². The van der Waals surface area contributed by atoms with E-state index >= 15 is 0 Å². The minimum atomic E-state index is -3.54. The molecule has 0 unspecified atom stereocenters. The van der Waals surface area contributed by atoms with Gasteiger partial charge in [0.05, 0.1) is 4.88 Å². The van der Waals surface area contributed by atoms with Gasteiger partial charge >= 0.3 is 0 Å². The van der Waals surface area contributed by atoms with Crippen LogP contribution in [0.2, 0.25) is 0 Å². The van der Waals surface area contributed by atoms with Gasteiger partial charge < -0.3 is 4.42 Å². The summed E-state index contributed by atoms with van der Waals surface area (Å²) in [5.74, 6) is 1.41. The van der Waals surface area contributed by atoms with Crippen molar-refractivity contribution in [2.45, 2.75) is 35.9 Å². The quantitative estimate of drug-likeness (QED) is 0.705. The molecule has 0 bridgehead atoms. The molecule has 1 aliphatic carbocycles. The summed E-state index contributed by atoms with van der Waals surface area (Å²) in [6, 6.07) is 7.08. The summed E-state index contributed by atoms with van der Waals surface area (Å²) in [5, 5.41) is 10.1. The van der Waals surface area contributed by atoms with Gasteiger partial charge in [-0.05, 0) is 36.4 Å². The average Bonchev–Trinajstić information content (AvgIpc) is 3.24. The Labute approximate surface area is 147 Å². The molecule has 0 atom stereocenters. The van der Waals surface area contributed by atoms with E-state index in [-0.39, 0.29) is 4.21 Å². The molecule has 1 aliphatic rings. The number of nitrogens with zero attached hydrogens (tertiary/aromatic N) is 2. The monoisotopic (exact) mass is 381 g/mol. The molecule has 1 fully saturated rings. The second-order valence-corrected chi connectivity index (χ2v) is 9.71. The molecule has 1 saturated carbocycles. The fourth-order valence-electron chi connectivity index (χ4n) is 2.38. The van der Waals surface area contributed by atoms with E-state index in [2.05, 4.69) is 14.9 Å². The highest BCUT2D eigenvalue weighted by Gasteiger charge is 2.26. The van der Waals surface area contributed by atoms with E-state index in [9.17, 15) is 8.42 Å². The number of sulfonamides is 1. The zero-order chi connectivity index (χ0) is 16.6. The summed E-state index contributed by atoms with van der Waals surface area (Å²) in [4.78, 5) is 1.64. The Morgan fingerprint density at radius 2 is 2.12 bits per heavy atom. The second kappa shape index (κ2) is 6.40. The zero-order valence-corrected chi connectivity index (χ0v) is 15.1. The molecular weight excluding hydrogens is 366 g/mol. The Morgan fingerprint density at radius 1 is 1.25 bits per heavy atom. The lowest BCUT2D eigenvalue weighted by atomic mass is 9.85. The molecule has 9 heteroatoms. The topological polar surface area (TPSA) is 85.1 Å². The third kappa shape index (κ3) is 3.16. The standard InChI is InChI=1S/C15H15N3O3S3/c19-24(20,16-9-11-5-2-8-22-11)13-7-6-12(23-13)15-18-17-14(21-15)10-3-1-4-10/h2,5-8,10,16H,1,3-4,9H2. The second-order valence-electron chi connectivity index (χ2n) is 5.60. The third-order valence-electron chi connectivity index (χ3n) is 3.97. The van der Waals surface area contributed by atoms with Crippen LogP contribution in [0.5, 0.6) is 0 Å². The first-order valence-electron chi connectivity index (χ1n) is 7.57. The van der Waals surface area contributed by atoms with E-state index in [0.717, 1.165) is 29.1 Å². The molecule has 126 valence electrons. The summed E-state index contributed by atoms with van der Waals surface area (Å²) >= 11 is 2.65. The van der Waals surface area contributed by atoms with Crippen LogP contribution in [0.4, 0.5) is 0 Å². The SMILES string of the molecule is O=S(=O)(NCc1cccs1)c1ccc(-c2nnc(C3CCC3)o2)s1. The van der Waals surface area contributed by atoms with Crippen molar-refractivity contribution in [1.82, 2.24) is 14.9 Å². The Kier molecular flexibility index (Phi) is 4.25. The first-order valence-corrected chi connectivity index (χ1v) is 10.8. The number of aromatic nitrogens is 2. The maximum atomic E-state index is 12.4. The van der Waals surface area contributed by atoms with E-state index in [1.807, 2.05) is 17.5 Å². The van der Waals surface area contributed by atoms with Crippen molar-refractivity contribution in [1.29, 1.82) is 0 Å². The lowest BCUT2D eigenvalue weighted by Crippen LogP contribution is -2.21. The smallest absolute Gasteiger partial charge is 0.257 e. The van der Waals surface area contributed by atoms with Crippen LogP contribution in [0.15, 0.2) is 38.3 Å². The van der Waals surface area contributed by atoms with Gasteiger partial charge in [0.1, 0.15) is 4.21 Å². The molecule has 3 aromatic heterocycles. The fourth-order valence-corrected chi connectivity index (χ4v) is 5.40. The van der Waals surface area contributed by atoms with Gasteiger partial charge in [0.2, 0.25) is 15.9 Å². The van der Waals surface area contributed by atoms with Crippen molar-refractivity contribution in [3.05, 3.63) is 40.4 Å². The van der Waals surface area contributed by atoms with Crippen LogP contribution < -0.4 is 4.72 Å². The van der Waals surface area contributed by atoms with Crippen LogP contribution in [0, 0.1) is 0 Å². The van der Waals surface area contributed by atoms with E-state index < -0.39 is 10.0 Å². The van der Waals surface area contributed by atoms with E-state index in [1.54, 1.807) is 12.1 Å². The Balaban J connectivity index is 1.50. The normalized spacial score (nSPS) is 15.5. The molecule has 0 aliphatic heterocycles. The molecule has 0 radical (unpaired) electrons. The van der Waals surface area contributed by atoms with E-state index in [1.165, 1.54) is 17.8 Å². The fraction of sp³-hybridized carbons (Fsp3) is 0.333. The van der Waals surface area contributed by atoms with Crippen molar-refractivity contribution in [3.63, 3.8) is 0 Å². The van der Waals surface area contributed by atoms with Crippen LogP contribution in [0.3, 0.4) is 0 Å². The van der Waals surface area contributed by atoms with Gasteiger partial charge in [-0.25, -0.2) is 13.1 Å². The molecule has 0 aromatic carbocycles. The van der Waals surface area contributed by atoms with Crippen LogP contribution >= 0.6 is 22.7 Å². The maximum Gasteiger partial charge on any atom is 0.257 e. The number of thiophene rings is 2. The summed E-state index contributed by atoms with van der Waals surface area (Å²) in [6.45, 7) is 0.291. The molecule has 24 heavy (non-hydrogen) atoms. The Morgan fingerprint density at radius 3 is 2.83 bits per heavy atom. The van der Waals surface area contributed by atoms with Crippen molar-refractivity contribution >= 4 is 32.7 Å². The molecule has 0 spiro atoms. The lowest BCUT2D eigenvalue weighted by molar-refractivity contribution is 0.338. The predicted octanol–water partition coefficient (Wildman–Crippen LogP) is 3.61. The number of rotatable bonds is 6. The first-order chi connectivity index (χ1) is 11.6. The van der Waals surface area contributed by atoms with Gasteiger partial charge in [-0.15, -0.1) is 32.9 Å². The predicted molar refractivity (Wildman–Crippen MR) is 92.5 cm³/mol. The minimum Gasteiger partial charge on any atom is -0.420 e. The third-order valence-corrected chi connectivity index (χ3v) is 7.81. The maximum absolute atomic E-state index is 12.4. The first kappa shape index (κ1) is 15.9. The van der Waals surface area contributed by atoms with Crippen molar-refractivity contribution in [3.8, 4) is 10.8 Å². The minimum absolute atomic E-state index is 0.248. The van der Waals surface area contributed by atoms with Gasteiger partial charge in [-0.3, -0.25) is 0 Å². The van der Waals surface area contributed by atoms with Crippen molar-refractivity contribution in [2.24, 2.45) is 0 Å². The summed E-state index contributed by atoms with van der Waals surface area (Å²) < 4.78 is 33.3. The average molecular weight is 382 g/mol. The molecule has 4 rings (SSSR count). The van der Waals surface area contributed by atoms with Crippen LogP contribution in [-0.2, 0) is 16.6 Å². The highest BCUT2D eigenvalue weighted by atomic mass is 32.2. The van der Waals surface area contributed by atoms with Gasteiger partial charge in [0.15, 0.2) is 0 Å². The van der Waals surface area contributed by atoms with Gasteiger partial charge in [0, 0.05) is 17.3 Å². The van der Waals surface area contributed by atoms with Gasteiger partial charge in [-0.1, -0.05) is 12.5 Å². The van der Waals surface area contributed by atoms with Gasteiger partial charge in [0.25, 0.3) is 5.89 Å². The number of nitrogens with one attached hydrogen (secondary N) is 1. The largest absolute Gasteiger partial charge is 0.420 e. The molecule has 3 aromatic rings. The van der Waals surface area contributed by atoms with Gasteiger partial charge in [-0.2, -0.15) is 0 Å². The summed E-state index contributed by atoms with van der Waals surface area (Å²) in [5.41, 5.74) is 0. The molecule has 6 nitrogen and oxygen atoms in total. The molecular formula is C15H15N3O3S3. The Hall–Kier alpha value is -1.55.